The molecule has 102 valence electrons. The van der Waals surface area contributed by atoms with Crippen molar-refractivity contribution in [3.8, 4) is 0 Å². The molecule has 3 rings (SSSR count). The Balaban J connectivity index is 1.90. The second-order valence-corrected chi connectivity index (χ2v) is 5.97. The lowest BCUT2D eigenvalue weighted by Gasteiger charge is -2.07. The third-order valence-electron chi connectivity index (χ3n) is 2.84. The van der Waals surface area contributed by atoms with Crippen molar-refractivity contribution in [3.63, 3.8) is 0 Å². The quantitative estimate of drug-likeness (QED) is 0.729. The number of halogens is 2. The summed E-state index contributed by atoms with van der Waals surface area (Å²) in [6, 6.07) is 8.47. The minimum absolute atomic E-state index is 0.209. The largest absolute Gasteiger partial charge is 0.365 e. The highest BCUT2D eigenvalue weighted by Gasteiger charge is 2.09. The third kappa shape index (κ3) is 2.73. The zero-order valence-corrected chi connectivity index (χ0v) is 12.2. The average molecular weight is 308 g/mol. The molecule has 0 radical (unpaired) electrons. The van der Waals surface area contributed by atoms with Crippen LogP contribution >= 0.6 is 22.9 Å². The number of aromatic nitrogens is 2. The topological polar surface area (TPSA) is 37.8 Å². The molecular formula is C14H11ClFN3S. The van der Waals surface area contributed by atoms with Crippen LogP contribution in [0.25, 0.3) is 10.2 Å². The fourth-order valence-electron chi connectivity index (χ4n) is 1.98. The highest BCUT2D eigenvalue weighted by atomic mass is 35.5. The van der Waals surface area contributed by atoms with E-state index in [4.69, 9.17) is 11.6 Å². The summed E-state index contributed by atoms with van der Waals surface area (Å²) in [5.41, 5.74) is 0.847. The fraction of sp³-hybridized carbons (Fsp3) is 0.143. The van der Waals surface area contributed by atoms with E-state index in [-0.39, 0.29) is 11.1 Å². The Morgan fingerprint density at radius 3 is 2.95 bits per heavy atom. The molecule has 3 aromatic rings. The first-order chi connectivity index (χ1) is 9.61. The molecule has 2 heterocycles. The number of nitrogens with zero attached hydrogens (tertiary/aromatic N) is 2. The van der Waals surface area contributed by atoms with Crippen molar-refractivity contribution in [3.05, 3.63) is 51.9 Å². The van der Waals surface area contributed by atoms with Crippen molar-refractivity contribution in [2.75, 3.05) is 5.32 Å². The molecule has 0 saturated heterocycles. The lowest BCUT2D eigenvalue weighted by molar-refractivity contribution is 0.626. The molecule has 0 unspecified atom stereocenters. The maximum Gasteiger partial charge on any atom is 0.225 e. The summed E-state index contributed by atoms with van der Waals surface area (Å²) < 4.78 is 13.1. The van der Waals surface area contributed by atoms with Gasteiger partial charge in [-0.15, -0.1) is 11.3 Å². The van der Waals surface area contributed by atoms with Crippen LogP contribution in [0.2, 0.25) is 5.28 Å². The molecule has 0 atom stereocenters. The summed E-state index contributed by atoms with van der Waals surface area (Å²) in [5, 5.41) is 4.34. The first-order valence-corrected chi connectivity index (χ1v) is 7.23. The van der Waals surface area contributed by atoms with Crippen molar-refractivity contribution in [2.24, 2.45) is 0 Å². The van der Waals surface area contributed by atoms with Gasteiger partial charge >= 0.3 is 0 Å². The molecule has 1 aromatic carbocycles. The van der Waals surface area contributed by atoms with E-state index in [9.17, 15) is 4.39 Å². The molecule has 0 aliphatic carbocycles. The zero-order chi connectivity index (χ0) is 14.1. The highest BCUT2D eigenvalue weighted by Crippen LogP contribution is 2.29. The SMILES string of the molecule is Cc1cc2c(NCc3cccc(F)c3)nc(Cl)nc2s1. The second-order valence-electron chi connectivity index (χ2n) is 4.40. The van der Waals surface area contributed by atoms with Gasteiger partial charge in [-0.3, -0.25) is 0 Å². The summed E-state index contributed by atoms with van der Waals surface area (Å²) in [4.78, 5) is 10.4. The molecule has 0 bridgehead atoms. The maximum absolute atomic E-state index is 13.1. The fourth-order valence-corrected chi connectivity index (χ4v) is 3.08. The zero-order valence-electron chi connectivity index (χ0n) is 10.7. The lowest BCUT2D eigenvalue weighted by Crippen LogP contribution is -2.02. The predicted octanol–water partition coefficient (Wildman–Crippen LogP) is 4.40. The Morgan fingerprint density at radius 2 is 2.15 bits per heavy atom. The Labute approximate surface area is 124 Å². The van der Waals surface area contributed by atoms with Crippen molar-refractivity contribution < 1.29 is 4.39 Å². The number of thiophene rings is 1. The van der Waals surface area contributed by atoms with Crippen LogP contribution in [0.4, 0.5) is 10.2 Å². The Kier molecular flexibility index (Phi) is 3.54. The number of rotatable bonds is 3. The Hall–Kier alpha value is -1.72. The molecule has 0 fully saturated rings. The first kappa shape index (κ1) is 13.3. The highest BCUT2D eigenvalue weighted by molar-refractivity contribution is 7.18. The molecule has 20 heavy (non-hydrogen) atoms. The van der Waals surface area contributed by atoms with Gasteiger partial charge in [-0.25, -0.2) is 14.4 Å². The number of benzene rings is 1. The van der Waals surface area contributed by atoms with E-state index in [2.05, 4.69) is 15.3 Å². The summed E-state index contributed by atoms with van der Waals surface area (Å²) >= 11 is 7.49. The summed E-state index contributed by atoms with van der Waals surface area (Å²) in [7, 11) is 0. The molecule has 1 N–H and O–H groups in total. The van der Waals surface area contributed by atoms with Crippen LogP contribution in [0, 0.1) is 12.7 Å². The lowest BCUT2D eigenvalue weighted by atomic mass is 10.2. The van der Waals surface area contributed by atoms with Crippen LogP contribution in [-0.2, 0) is 6.54 Å². The van der Waals surface area contributed by atoms with Crippen molar-refractivity contribution in [2.45, 2.75) is 13.5 Å². The van der Waals surface area contributed by atoms with Gasteiger partial charge < -0.3 is 5.32 Å². The maximum atomic E-state index is 13.1. The van der Waals surface area contributed by atoms with Crippen LogP contribution in [0.15, 0.2) is 30.3 Å². The predicted molar refractivity (Wildman–Crippen MR) is 80.9 cm³/mol. The third-order valence-corrected chi connectivity index (χ3v) is 3.95. The van der Waals surface area contributed by atoms with Crippen LogP contribution < -0.4 is 5.32 Å². The summed E-state index contributed by atoms with van der Waals surface area (Å²) in [6.45, 7) is 2.49. The van der Waals surface area contributed by atoms with Gasteiger partial charge in [0.2, 0.25) is 5.28 Å². The standard InChI is InChI=1S/C14H11ClFN3S/c1-8-5-11-12(18-14(15)19-13(11)20-8)17-7-9-3-2-4-10(16)6-9/h2-6H,7H2,1H3,(H,17,18,19). The second kappa shape index (κ2) is 5.34. The van der Waals surface area contributed by atoms with Gasteiger partial charge in [0.25, 0.3) is 0 Å². The van der Waals surface area contributed by atoms with Gasteiger partial charge in [0.15, 0.2) is 0 Å². The number of nitrogens with one attached hydrogen (secondary N) is 1. The van der Waals surface area contributed by atoms with E-state index in [1.807, 2.05) is 19.1 Å². The van der Waals surface area contributed by atoms with E-state index in [1.54, 1.807) is 17.4 Å². The first-order valence-electron chi connectivity index (χ1n) is 6.04. The normalized spacial score (nSPS) is 10.9. The van der Waals surface area contributed by atoms with Gasteiger partial charge in [-0.1, -0.05) is 12.1 Å². The van der Waals surface area contributed by atoms with Crippen LogP contribution in [0.3, 0.4) is 0 Å². The minimum Gasteiger partial charge on any atom is -0.365 e. The van der Waals surface area contributed by atoms with Gasteiger partial charge in [0.1, 0.15) is 16.5 Å². The Morgan fingerprint density at radius 1 is 1.30 bits per heavy atom. The number of aryl methyl sites for hydroxylation is 1. The van der Waals surface area contributed by atoms with E-state index < -0.39 is 0 Å². The van der Waals surface area contributed by atoms with E-state index in [0.717, 1.165) is 20.7 Å². The molecular weight excluding hydrogens is 297 g/mol. The monoisotopic (exact) mass is 307 g/mol. The van der Waals surface area contributed by atoms with Crippen molar-refractivity contribution >= 4 is 39.0 Å². The van der Waals surface area contributed by atoms with E-state index >= 15 is 0 Å². The smallest absolute Gasteiger partial charge is 0.225 e. The van der Waals surface area contributed by atoms with Gasteiger partial charge in [0.05, 0.1) is 5.39 Å². The van der Waals surface area contributed by atoms with Gasteiger partial charge in [-0.2, -0.15) is 0 Å². The number of anilines is 1. The number of hydrogen-bond donors (Lipinski definition) is 1. The molecule has 2 aromatic heterocycles. The summed E-state index contributed by atoms with van der Waals surface area (Å²) in [6.07, 6.45) is 0. The van der Waals surface area contributed by atoms with Crippen molar-refractivity contribution in [1.29, 1.82) is 0 Å². The van der Waals surface area contributed by atoms with E-state index in [0.29, 0.717) is 12.4 Å². The Bertz CT molecular complexity index is 772. The molecule has 0 saturated carbocycles. The molecule has 3 nitrogen and oxygen atoms in total. The molecule has 0 aliphatic rings. The molecule has 0 spiro atoms. The minimum atomic E-state index is -0.249. The van der Waals surface area contributed by atoms with Gasteiger partial charge in [-0.05, 0) is 42.3 Å². The number of fused-ring (bicyclic) bond motifs is 1. The molecule has 6 heteroatoms. The average Bonchev–Trinajstić information content (AvgIpc) is 2.76. The van der Waals surface area contributed by atoms with Crippen LogP contribution in [-0.4, -0.2) is 9.97 Å². The van der Waals surface area contributed by atoms with Crippen LogP contribution in [0.1, 0.15) is 10.4 Å². The van der Waals surface area contributed by atoms with E-state index in [1.165, 1.54) is 12.1 Å². The van der Waals surface area contributed by atoms with Crippen LogP contribution in [0.5, 0.6) is 0 Å². The molecule has 0 amide bonds. The number of hydrogen-bond acceptors (Lipinski definition) is 4. The van der Waals surface area contributed by atoms with Gasteiger partial charge in [0, 0.05) is 11.4 Å². The molecule has 0 aliphatic heterocycles. The summed E-state index contributed by atoms with van der Waals surface area (Å²) in [5.74, 6) is 0.426. The van der Waals surface area contributed by atoms with Crippen molar-refractivity contribution in [1.82, 2.24) is 9.97 Å².